The Bertz CT molecular complexity index is 382. The van der Waals surface area contributed by atoms with E-state index in [-0.39, 0.29) is 0 Å². The smallest absolute Gasteiger partial charge is 0.149 e. The first-order valence-electron chi connectivity index (χ1n) is 5.25. The average Bonchev–Trinajstić information content (AvgIpc) is 2.30. The van der Waals surface area contributed by atoms with Crippen LogP contribution in [0.2, 0.25) is 0 Å². The Morgan fingerprint density at radius 3 is 2.94 bits per heavy atom. The van der Waals surface area contributed by atoms with Gasteiger partial charge < -0.3 is 16.0 Å². The number of nitrogens with two attached hydrogens (primary N) is 1. The first-order chi connectivity index (χ1) is 7.67. The monoisotopic (exact) mass is 219 g/mol. The molecule has 0 fully saturated rings. The molecule has 0 radical (unpaired) electrons. The molecule has 0 aliphatic rings. The number of nitrogen functional groups attached to an aromatic ring is 1. The van der Waals surface area contributed by atoms with Crippen LogP contribution in [0.15, 0.2) is 12.3 Å². The van der Waals surface area contributed by atoms with Crippen molar-refractivity contribution in [1.82, 2.24) is 9.88 Å². The van der Waals surface area contributed by atoms with Gasteiger partial charge in [-0.2, -0.15) is 5.26 Å². The Kier molecular flexibility index (Phi) is 4.55. The molecule has 16 heavy (non-hydrogen) atoms. The quantitative estimate of drug-likeness (QED) is 0.769. The van der Waals surface area contributed by atoms with E-state index in [1.54, 1.807) is 6.07 Å². The van der Waals surface area contributed by atoms with Crippen molar-refractivity contribution in [3.8, 4) is 6.07 Å². The molecule has 0 unspecified atom stereocenters. The first-order valence-corrected chi connectivity index (χ1v) is 5.25. The average molecular weight is 219 g/mol. The number of pyridine rings is 1. The molecule has 1 heterocycles. The van der Waals surface area contributed by atoms with Crippen LogP contribution < -0.4 is 11.1 Å². The topological polar surface area (TPSA) is 78.0 Å². The fraction of sp³-hybridized carbons (Fsp3) is 0.455. The maximum absolute atomic E-state index is 8.66. The summed E-state index contributed by atoms with van der Waals surface area (Å²) < 4.78 is 0. The van der Waals surface area contributed by atoms with Crippen LogP contribution in [0, 0.1) is 11.3 Å². The van der Waals surface area contributed by atoms with Crippen LogP contribution in [-0.4, -0.2) is 36.6 Å². The Morgan fingerprint density at radius 2 is 2.38 bits per heavy atom. The molecule has 0 bridgehead atoms. The molecule has 86 valence electrons. The van der Waals surface area contributed by atoms with Crippen LogP contribution in [0.5, 0.6) is 0 Å². The highest BCUT2D eigenvalue weighted by Gasteiger charge is 2.02. The highest BCUT2D eigenvalue weighted by atomic mass is 15.1. The number of nitriles is 1. The van der Waals surface area contributed by atoms with Gasteiger partial charge in [0.25, 0.3) is 0 Å². The van der Waals surface area contributed by atoms with Crippen molar-refractivity contribution in [2.45, 2.75) is 6.92 Å². The van der Waals surface area contributed by atoms with Gasteiger partial charge in [-0.1, -0.05) is 6.92 Å². The van der Waals surface area contributed by atoms with E-state index in [2.05, 4.69) is 29.2 Å². The third kappa shape index (κ3) is 3.41. The third-order valence-corrected chi connectivity index (χ3v) is 2.37. The lowest BCUT2D eigenvalue weighted by Gasteiger charge is -2.14. The molecule has 3 N–H and O–H groups in total. The molecule has 0 spiro atoms. The molecule has 1 aromatic heterocycles. The van der Waals surface area contributed by atoms with Crippen LogP contribution in [0.1, 0.15) is 12.5 Å². The van der Waals surface area contributed by atoms with Crippen molar-refractivity contribution < 1.29 is 0 Å². The van der Waals surface area contributed by atoms with E-state index in [9.17, 15) is 0 Å². The summed E-state index contributed by atoms with van der Waals surface area (Å²) in [7, 11) is 2.05. The molecular formula is C11H17N5. The molecule has 0 aliphatic heterocycles. The summed E-state index contributed by atoms with van der Waals surface area (Å²) in [6.45, 7) is 4.83. The van der Waals surface area contributed by atoms with Gasteiger partial charge in [0.05, 0.1) is 11.3 Å². The molecule has 5 heteroatoms. The van der Waals surface area contributed by atoms with Crippen molar-refractivity contribution in [2.75, 3.05) is 37.7 Å². The number of hydrogen-bond acceptors (Lipinski definition) is 5. The van der Waals surface area contributed by atoms with Crippen LogP contribution in [0.25, 0.3) is 0 Å². The zero-order valence-electron chi connectivity index (χ0n) is 9.70. The lowest BCUT2D eigenvalue weighted by Crippen LogP contribution is -2.25. The zero-order valence-corrected chi connectivity index (χ0v) is 9.70. The predicted molar refractivity (Wildman–Crippen MR) is 65.0 cm³/mol. The van der Waals surface area contributed by atoms with E-state index < -0.39 is 0 Å². The third-order valence-electron chi connectivity index (χ3n) is 2.37. The summed E-state index contributed by atoms with van der Waals surface area (Å²) >= 11 is 0. The number of hydrogen-bond donors (Lipinski definition) is 2. The Labute approximate surface area is 95.9 Å². The molecule has 1 aromatic rings. The molecule has 0 saturated carbocycles. The maximum Gasteiger partial charge on any atom is 0.149 e. The highest BCUT2D eigenvalue weighted by molar-refractivity contribution is 5.62. The number of nitrogens with zero attached hydrogens (tertiary/aromatic N) is 3. The van der Waals surface area contributed by atoms with Crippen LogP contribution in [0.3, 0.4) is 0 Å². The van der Waals surface area contributed by atoms with Gasteiger partial charge in [0.2, 0.25) is 0 Å². The molecule has 5 nitrogen and oxygen atoms in total. The fourth-order valence-corrected chi connectivity index (χ4v) is 1.21. The van der Waals surface area contributed by atoms with Gasteiger partial charge in [0.15, 0.2) is 0 Å². The van der Waals surface area contributed by atoms with E-state index >= 15 is 0 Å². The summed E-state index contributed by atoms with van der Waals surface area (Å²) in [5.74, 6) is 0.642. The van der Waals surface area contributed by atoms with Crippen molar-refractivity contribution >= 4 is 11.5 Å². The summed E-state index contributed by atoms with van der Waals surface area (Å²) in [6, 6.07) is 3.62. The van der Waals surface area contributed by atoms with Gasteiger partial charge in [0, 0.05) is 19.3 Å². The van der Waals surface area contributed by atoms with Gasteiger partial charge in [-0.3, -0.25) is 0 Å². The SMILES string of the molecule is CCN(C)CCNc1ncc(C#N)cc1N. The van der Waals surface area contributed by atoms with Crippen molar-refractivity contribution in [3.05, 3.63) is 17.8 Å². The van der Waals surface area contributed by atoms with Crippen LogP contribution in [0.4, 0.5) is 11.5 Å². The van der Waals surface area contributed by atoms with Gasteiger partial charge in [-0.15, -0.1) is 0 Å². The van der Waals surface area contributed by atoms with Gasteiger partial charge in [-0.05, 0) is 19.7 Å². The second kappa shape index (κ2) is 5.93. The Hall–Kier alpha value is -1.80. The summed E-state index contributed by atoms with van der Waals surface area (Å²) in [5.41, 5.74) is 6.75. The highest BCUT2D eigenvalue weighted by Crippen LogP contribution is 2.15. The van der Waals surface area contributed by atoms with E-state index in [1.807, 2.05) is 6.07 Å². The van der Waals surface area contributed by atoms with E-state index in [4.69, 9.17) is 11.0 Å². The largest absolute Gasteiger partial charge is 0.396 e. The number of rotatable bonds is 5. The van der Waals surface area contributed by atoms with Gasteiger partial charge >= 0.3 is 0 Å². The fourth-order valence-electron chi connectivity index (χ4n) is 1.21. The minimum absolute atomic E-state index is 0.480. The molecule has 0 aromatic carbocycles. The van der Waals surface area contributed by atoms with E-state index in [1.165, 1.54) is 6.20 Å². The Morgan fingerprint density at radius 1 is 1.62 bits per heavy atom. The van der Waals surface area contributed by atoms with Crippen LogP contribution in [-0.2, 0) is 0 Å². The molecular weight excluding hydrogens is 202 g/mol. The molecule has 0 saturated heterocycles. The van der Waals surface area contributed by atoms with Crippen molar-refractivity contribution in [3.63, 3.8) is 0 Å². The second-order valence-corrected chi connectivity index (χ2v) is 3.60. The van der Waals surface area contributed by atoms with Gasteiger partial charge in [-0.25, -0.2) is 4.98 Å². The molecule has 0 atom stereocenters. The first kappa shape index (κ1) is 12.3. The van der Waals surface area contributed by atoms with Crippen molar-refractivity contribution in [1.29, 1.82) is 5.26 Å². The second-order valence-electron chi connectivity index (χ2n) is 3.60. The number of anilines is 2. The standard InChI is InChI=1S/C11H17N5/c1-3-16(2)5-4-14-11-10(13)6-9(7-12)8-15-11/h6,8H,3-5,13H2,1-2H3,(H,14,15). The lowest BCUT2D eigenvalue weighted by atomic mass is 10.3. The Balaban J connectivity index is 2.52. The summed E-state index contributed by atoms with van der Waals surface area (Å²) in [5, 5.41) is 11.8. The number of likely N-dealkylation sites (N-methyl/N-ethyl adjacent to an activating group) is 1. The van der Waals surface area contributed by atoms with E-state index in [0.717, 1.165) is 19.6 Å². The van der Waals surface area contributed by atoms with E-state index in [0.29, 0.717) is 17.1 Å². The number of aromatic nitrogens is 1. The lowest BCUT2D eigenvalue weighted by molar-refractivity contribution is 0.367. The normalized spacial score (nSPS) is 10.1. The molecule has 1 rings (SSSR count). The van der Waals surface area contributed by atoms with Crippen molar-refractivity contribution in [2.24, 2.45) is 0 Å². The summed E-state index contributed by atoms with van der Waals surface area (Å²) in [4.78, 5) is 6.28. The molecule has 0 aliphatic carbocycles. The zero-order chi connectivity index (χ0) is 12.0. The minimum atomic E-state index is 0.480. The maximum atomic E-state index is 8.66. The predicted octanol–water partition coefficient (Wildman–Crippen LogP) is 0.899. The number of nitrogens with one attached hydrogen (secondary N) is 1. The minimum Gasteiger partial charge on any atom is -0.396 e. The van der Waals surface area contributed by atoms with Gasteiger partial charge in [0.1, 0.15) is 11.9 Å². The van der Waals surface area contributed by atoms with Crippen LogP contribution >= 0.6 is 0 Å². The summed E-state index contributed by atoms with van der Waals surface area (Å²) in [6.07, 6.45) is 1.52. The molecule has 0 amide bonds.